The van der Waals surface area contributed by atoms with Gasteiger partial charge in [-0.3, -0.25) is 4.79 Å². The highest BCUT2D eigenvalue weighted by molar-refractivity contribution is 5.99. The van der Waals surface area contributed by atoms with Crippen molar-refractivity contribution in [1.82, 2.24) is 5.43 Å². The topological polar surface area (TPSA) is 41.5 Å². The summed E-state index contributed by atoms with van der Waals surface area (Å²) in [6.07, 6.45) is 7.34. The summed E-state index contributed by atoms with van der Waals surface area (Å²) in [5, 5.41) is 4.37. The quantitative estimate of drug-likeness (QED) is 0.670. The molecule has 0 aromatic heterocycles. The van der Waals surface area contributed by atoms with E-state index in [1.165, 1.54) is 19.3 Å². The first-order chi connectivity index (χ1) is 10.6. The number of benzene rings is 1. The van der Waals surface area contributed by atoms with Crippen LogP contribution >= 0.6 is 0 Å². The van der Waals surface area contributed by atoms with Gasteiger partial charge in [-0.05, 0) is 68.8 Å². The molecule has 0 radical (unpaired) electrons. The zero-order valence-electron chi connectivity index (χ0n) is 13.2. The molecule has 1 amide bonds. The van der Waals surface area contributed by atoms with E-state index in [-0.39, 0.29) is 11.3 Å². The van der Waals surface area contributed by atoms with E-state index < -0.39 is 0 Å². The molecule has 4 saturated carbocycles. The van der Waals surface area contributed by atoms with E-state index in [1.807, 2.05) is 37.3 Å². The number of amides is 1. The van der Waals surface area contributed by atoms with Crippen molar-refractivity contribution in [1.29, 1.82) is 0 Å². The molecular formula is C19H24N2O. The molecule has 0 saturated heterocycles. The molecule has 0 heterocycles. The smallest absolute Gasteiger partial charge is 0.246 e. The van der Waals surface area contributed by atoms with Crippen molar-refractivity contribution < 1.29 is 4.79 Å². The van der Waals surface area contributed by atoms with Crippen molar-refractivity contribution in [2.75, 3.05) is 0 Å². The number of hydrogen-bond donors (Lipinski definition) is 1. The average Bonchev–Trinajstić information content (AvgIpc) is 2.51. The summed E-state index contributed by atoms with van der Waals surface area (Å²) in [5.74, 6) is 2.53. The van der Waals surface area contributed by atoms with Crippen molar-refractivity contribution in [2.24, 2.45) is 28.3 Å². The van der Waals surface area contributed by atoms with Crippen LogP contribution in [0, 0.1) is 23.2 Å². The van der Waals surface area contributed by atoms with Crippen LogP contribution in [0.4, 0.5) is 0 Å². The summed E-state index contributed by atoms with van der Waals surface area (Å²) in [6, 6.07) is 10.0. The number of nitrogens with one attached hydrogen (secondary N) is 1. The second kappa shape index (κ2) is 5.22. The molecule has 4 bridgehead atoms. The van der Waals surface area contributed by atoms with Gasteiger partial charge in [0.15, 0.2) is 0 Å². The Balaban J connectivity index is 1.48. The molecule has 1 aromatic rings. The van der Waals surface area contributed by atoms with Crippen LogP contribution < -0.4 is 5.43 Å². The van der Waals surface area contributed by atoms with Gasteiger partial charge in [0.25, 0.3) is 0 Å². The third-order valence-corrected chi connectivity index (χ3v) is 6.04. The molecule has 4 aliphatic rings. The monoisotopic (exact) mass is 296 g/mol. The van der Waals surface area contributed by atoms with Gasteiger partial charge in [0.05, 0.1) is 11.1 Å². The molecule has 4 fully saturated rings. The standard InChI is InChI=1S/C19H24N2O/c1-13(17-5-3-2-4-6-17)20-21-18(22)19-10-14-7-15(11-19)9-16(8-14)12-19/h2-6,14-16H,7-12H2,1H3,(H,21,22)/b20-13-. The Hall–Kier alpha value is -1.64. The van der Waals surface area contributed by atoms with E-state index in [1.54, 1.807) is 0 Å². The number of rotatable bonds is 3. The van der Waals surface area contributed by atoms with Gasteiger partial charge in [-0.2, -0.15) is 5.10 Å². The first kappa shape index (κ1) is 14.0. The zero-order valence-corrected chi connectivity index (χ0v) is 13.2. The van der Waals surface area contributed by atoms with E-state index in [0.29, 0.717) is 0 Å². The Labute approximate surface area is 132 Å². The third-order valence-electron chi connectivity index (χ3n) is 6.04. The molecule has 5 rings (SSSR count). The fraction of sp³-hybridized carbons (Fsp3) is 0.579. The van der Waals surface area contributed by atoms with Crippen LogP contribution in [-0.2, 0) is 4.79 Å². The number of nitrogens with zero attached hydrogens (tertiary/aromatic N) is 1. The SMILES string of the molecule is C/C(=N/NC(=O)C12CC3CC(CC(C3)C1)C2)c1ccccc1. The molecule has 1 aromatic carbocycles. The summed E-state index contributed by atoms with van der Waals surface area (Å²) in [4.78, 5) is 12.8. The summed E-state index contributed by atoms with van der Waals surface area (Å²) < 4.78 is 0. The predicted molar refractivity (Wildman–Crippen MR) is 87.4 cm³/mol. The van der Waals surface area contributed by atoms with Gasteiger partial charge in [-0.25, -0.2) is 5.43 Å². The Morgan fingerprint density at radius 3 is 2.14 bits per heavy atom. The second-order valence-corrected chi connectivity index (χ2v) is 7.70. The van der Waals surface area contributed by atoms with E-state index in [0.717, 1.165) is 48.3 Å². The molecule has 4 aliphatic carbocycles. The summed E-state index contributed by atoms with van der Waals surface area (Å²) in [5.41, 5.74) is 4.71. The van der Waals surface area contributed by atoms with Gasteiger partial charge in [0.1, 0.15) is 0 Å². The summed E-state index contributed by atoms with van der Waals surface area (Å²) in [6.45, 7) is 1.95. The highest BCUT2D eigenvalue weighted by atomic mass is 16.2. The largest absolute Gasteiger partial charge is 0.273 e. The molecular weight excluding hydrogens is 272 g/mol. The fourth-order valence-electron chi connectivity index (χ4n) is 5.39. The minimum Gasteiger partial charge on any atom is -0.273 e. The van der Waals surface area contributed by atoms with E-state index in [9.17, 15) is 4.79 Å². The lowest BCUT2D eigenvalue weighted by atomic mass is 9.49. The predicted octanol–water partition coefficient (Wildman–Crippen LogP) is 3.74. The first-order valence-electron chi connectivity index (χ1n) is 8.55. The summed E-state index contributed by atoms with van der Waals surface area (Å²) >= 11 is 0. The van der Waals surface area contributed by atoms with Crippen molar-refractivity contribution in [3.63, 3.8) is 0 Å². The van der Waals surface area contributed by atoms with Crippen LogP contribution in [0.25, 0.3) is 0 Å². The maximum atomic E-state index is 12.8. The Bertz CT molecular complexity index is 570. The van der Waals surface area contributed by atoms with Crippen LogP contribution in [0.2, 0.25) is 0 Å². The zero-order chi connectivity index (χ0) is 15.2. The highest BCUT2D eigenvalue weighted by Crippen LogP contribution is 2.60. The third kappa shape index (κ3) is 2.37. The van der Waals surface area contributed by atoms with Crippen LogP contribution in [0.15, 0.2) is 35.4 Å². The van der Waals surface area contributed by atoms with Crippen LogP contribution in [0.5, 0.6) is 0 Å². The molecule has 0 spiro atoms. The highest BCUT2D eigenvalue weighted by Gasteiger charge is 2.54. The van der Waals surface area contributed by atoms with Gasteiger partial charge in [-0.15, -0.1) is 0 Å². The van der Waals surface area contributed by atoms with Crippen molar-refractivity contribution in [2.45, 2.75) is 45.4 Å². The number of carbonyl (C=O) groups excluding carboxylic acids is 1. The van der Waals surface area contributed by atoms with Crippen LogP contribution in [0.3, 0.4) is 0 Å². The maximum Gasteiger partial charge on any atom is 0.246 e. The Kier molecular flexibility index (Phi) is 3.32. The molecule has 1 N–H and O–H groups in total. The molecule has 22 heavy (non-hydrogen) atoms. The first-order valence-corrected chi connectivity index (χ1v) is 8.55. The molecule has 0 aliphatic heterocycles. The average molecular weight is 296 g/mol. The molecule has 3 heteroatoms. The van der Waals surface area contributed by atoms with Gasteiger partial charge >= 0.3 is 0 Å². The van der Waals surface area contributed by atoms with Gasteiger partial charge in [-0.1, -0.05) is 30.3 Å². The van der Waals surface area contributed by atoms with Crippen molar-refractivity contribution in [3.8, 4) is 0 Å². The Morgan fingerprint density at radius 2 is 1.59 bits per heavy atom. The van der Waals surface area contributed by atoms with Crippen molar-refractivity contribution >= 4 is 11.6 Å². The van der Waals surface area contributed by atoms with E-state index in [2.05, 4.69) is 10.5 Å². The number of carbonyl (C=O) groups is 1. The second-order valence-electron chi connectivity index (χ2n) is 7.70. The molecule has 0 unspecified atom stereocenters. The van der Waals surface area contributed by atoms with Crippen LogP contribution in [-0.4, -0.2) is 11.6 Å². The lowest BCUT2D eigenvalue weighted by Crippen LogP contribution is -2.52. The maximum absolute atomic E-state index is 12.8. The van der Waals surface area contributed by atoms with Gasteiger partial charge in [0, 0.05) is 0 Å². The van der Waals surface area contributed by atoms with E-state index in [4.69, 9.17) is 0 Å². The lowest BCUT2D eigenvalue weighted by Gasteiger charge is -2.55. The molecule has 3 nitrogen and oxygen atoms in total. The van der Waals surface area contributed by atoms with Gasteiger partial charge in [0.2, 0.25) is 5.91 Å². The van der Waals surface area contributed by atoms with Crippen LogP contribution in [0.1, 0.15) is 51.0 Å². The lowest BCUT2D eigenvalue weighted by molar-refractivity contribution is -0.146. The minimum atomic E-state index is -0.116. The van der Waals surface area contributed by atoms with E-state index >= 15 is 0 Å². The Morgan fingerprint density at radius 1 is 1.05 bits per heavy atom. The van der Waals surface area contributed by atoms with Gasteiger partial charge < -0.3 is 0 Å². The molecule has 0 atom stereocenters. The number of hydrazone groups is 1. The normalized spacial score (nSPS) is 36.4. The summed E-state index contributed by atoms with van der Waals surface area (Å²) in [7, 11) is 0. The number of hydrogen-bond acceptors (Lipinski definition) is 2. The molecule has 116 valence electrons. The fourth-order valence-corrected chi connectivity index (χ4v) is 5.39. The minimum absolute atomic E-state index is 0.116. The van der Waals surface area contributed by atoms with Crippen molar-refractivity contribution in [3.05, 3.63) is 35.9 Å².